The van der Waals surface area contributed by atoms with E-state index in [1.54, 1.807) is 0 Å². The summed E-state index contributed by atoms with van der Waals surface area (Å²) in [5.74, 6) is 0.537. The van der Waals surface area contributed by atoms with Gasteiger partial charge in [-0.15, -0.1) is 0 Å². The SMILES string of the molecule is C=C(C)c1c(NC)cccc1C(C)C. The van der Waals surface area contributed by atoms with Gasteiger partial charge < -0.3 is 5.32 Å². The molecule has 0 aliphatic rings. The Bertz CT molecular complexity index is 337. The van der Waals surface area contributed by atoms with Gasteiger partial charge >= 0.3 is 0 Å². The Morgan fingerprint density at radius 2 is 2.00 bits per heavy atom. The van der Waals surface area contributed by atoms with E-state index in [0.717, 1.165) is 5.57 Å². The highest BCUT2D eigenvalue weighted by Gasteiger charge is 2.10. The molecule has 14 heavy (non-hydrogen) atoms. The van der Waals surface area contributed by atoms with Crippen molar-refractivity contribution in [2.45, 2.75) is 26.7 Å². The minimum atomic E-state index is 0.537. The minimum absolute atomic E-state index is 0.537. The lowest BCUT2D eigenvalue weighted by Gasteiger charge is -2.16. The van der Waals surface area contributed by atoms with Gasteiger partial charge in [0.2, 0.25) is 0 Å². The van der Waals surface area contributed by atoms with Crippen molar-refractivity contribution in [3.63, 3.8) is 0 Å². The van der Waals surface area contributed by atoms with Gasteiger partial charge in [0.15, 0.2) is 0 Å². The first kappa shape index (κ1) is 10.8. The minimum Gasteiger partial charge on any atom is -0.388 e. The zero-order valence-electron chi connectivity index (χ0n) is 9.52. The second-order valence-corrected chi connectivity index (χ2v) is 3.95. The van der Waals surface area contributed by atoms with Crippen LogP contribution in [0.1, 0.15) is 37.8 Å². The zero-order chi connectivity index (χ0) is 10.7. The van der Waals surface area contributed by atoms with Gasteiger partial charge in [0.25, 0.3) is 0 Å². The Morgan fingerprint density at radius 1 is 1.36 bits per heavy atom. The van der Waals surface area contributed by atoms with Crippen LogP contribution in [0.25, 0.3) is 5.57 Å². The summed E-state index contributed by atoms with van der Waals surface area (Å²) in [6, 6.07) is 6.36. The zero-order valence-corrected chi connectivity index (χ0v) is 9.52. The normalized spacial score (nSPS) is 10.4. The summed E-state index contributed by atoms with van der Waals surface area (Å²) in [6.07, 6.45) is 0. The Labute approximate surface area is 86.8 Å². The van der Waals surface area contributed by atoms with Crippen molar-refractivity contribution in [2.24, 2.45) is 0 Å². The van der Waals surface area contributed by atoms with E-state index >= 15 is 0 Å². The van der Waals surface area contributed by atoms with E-state index in [0.29, 0.717) is 5.92 Å². The van der Waals surface area contributed by atoms with Crippen molar-refractivity contribution in [1.82, 2.24) is 0 Å². The maximum Gasteiger partial charge on any atom is 0.0416 e. The molecule has 1 N–H and O–H groups in total. The molecule has 0 bridgehead atoms. The van der Waals surface area contributed by atoms with E-state index in [9.17, 15) is 0 Å². The van der Waals surface area contributed by atoms with Crippen molar-refractivity contribution in [3.8, 4) is 0 Å². The van der Waals surface area contributed by atoms with Gasteiger partial charge in [0.05, 0.1) is 0 Å². The number of anilines is 1. The molecule has 0 aromatic heterocycles. The van der Waals surface area contributed by atoms with Gasteiger partial charge in [0.1, 0.15) is 0 Å². The number of rotatable bonds is 3. The summed E-state index contributed by atoms with van der Waals surface area (Å²) in [5.41, 5.74) is 4.93. The molecule has 0 spiro atoms. The maximum absolute atomic E-state index is 4.04. The van der Waals surface area contributed by atoms with Crippen molar-refractivity contribution in [1.29, 1.82) is 0 Å². The monoisotopic (exact) mass is 189 g/mol. The van der Waals surface area contributed by atoms with Crippen molar-refractivity contribution in [2.75, 3.05) is 12.4 Å². The lowest BCUT2D eigenvalue weighted by molar-refractivity contribution is 0.863. The van der Waals surface area contributed by atoms with Crippen LogP contribution >= 0.6 is 0 Å². The molecule has 0 unspecified atom stereocenters. The van der Waals surface area contributed by atoms with Crippen LogP contribution in [0, 0.1) is 0 Å². The first-order valence-corrected chi connectivity index (χ1v) is 5.04. The number of hydrogen-bond acceptors (Lipinski definition) is 1. The third-order valence-electron chi connectivity index (χ3n) is 2.41. The first-order valence-electron chi connectivity index (χ1n) is 5.04. The molecule has 1 nitrogen and oxygen atoms in total. The molecule has 0 atom stereocenters. The fourth-order valence-electron chi connectivity index (χ4n) is 1.74. The number of hydrogen-bond donors (Lipinski definition) is 1. The van der Waals surface area contributed by atoms with Gasteiger partial charge in [-0.25, -0.2) is 0 Å². The Morgan fingerprint density at radius 3 is 2.43 bits per heavy atom. The van der Waals surface area contributed by atoms with Crippen LogP contribution in [0.3, 0.4) is 0 Å². The number of nitrogens with one attached hydrogen (secondary N) is 1. The number of benzene rings is 1. The molecule has 0 aliphatic carbocycles. The summed E-state index contributed by atoms with van der Waals surface area (Å²) < 4.78 is 0. The topological polar surface area (TPSA) is 12.0 Å². The predicted molar refractivity (Wildman–Crippen MR) is 64.8 cm³/mol. The average Bonchev–Trinajstić information content (AvgIpc) is 2.16. The van der Waals surface area contributed by atoms with Crippen molar-refractivity contribution >= 4 is 11.3 Å². The standard InChI is InChI=1S/C13H19N/c1-9(2)11-7-6-8-12(14-5)13(11)10(3)4/h6-9,14H,3H2,1-2,4-5H3. The molecule has 0 radical (unpaired) electrons. The third-order valence-corrected chi connectivity index (χ3v) is 2.41. The maximum atomic E-state index is 4.04. The van der Waals surface area contributed by atoms with Gasteiger partial charge in [-0.3, -0.25) is 0 Å². The smallest absolute Gasteiger partial charge is 0.0416 e. The molecule has 1 heteroatoms. The second-order valence-electron chi connectivity index (χ2n) is 3.95. The molecule has 0 saturated carbocycles. The van der Waals surface area contributed by atoms with Crippen LogP contribution in [-0.2, 0) is 0 Å². The molecule has 1 rings (SSSR count). The molecule has 0 heterocycles. The summed E-state index contributed by atoms with van der Waals surface area (Å²) >= 11 is 0. The molecule has 0 amide bonds. The molecular formula is C13H19N. The van der Waals surface area contributed by atoms with E-state index in [1.807, 2.05) is 7.05 Å². The van der Waals surface area contributed by atoms with Gasteiger partial charge in [-0.2, -0.15) is 0 Å². The highest BCUT2D eigenvalue weighted by Crippen LogP contribution is 2.30. The Balaban J connectivity index is 3.35. The fourth-order valence-corrected chi connectivity index (χ4v) is 1.74. The van der Waals surface area contributed by atoms with E-state index in [4.69, 9.17) is 0 Å². The van der Waals surface area contributed by atoms with Crippen LogP contribution in [0.5, 0.6) is 0 Å². The van der Waals surface area contributed by atoms with Crippen LogP contribution < -0.4 is 5.32 Å². The summed E-state index contributed by atoms with van der Waals surface area (Å²) in [5, 5.41) is 3.21. The van der Waals surface area contributed by atoms with Gasteiger partial charge in [-0.1, -0.05) is 32.6 Å². The first-order chi connectivity index (χ1) is 6.57. The van der Waals surface area contributed by atoms with E-state index in [-0.39, 0.29) is 0 Å². The van der Waals surface area contributed by atoms with Crippen LogP contribution in [0.4, 0.5) is 5.69 Å². The van der Waals surface area contributed by atoms with Crippen LogP contribution in [0.2, 0.25) is 0 Å². The lowest BCUT2D eigenvalue weighted by atomic mass is 9.92. The molecule has 0 aliphatic heterocycles. The molecular weight excluding hydrogens is 170 g/mol. The highest BCUT2D eigenvalue weighted by atomic mass is 14.8. The van der Waals surface area contributed by atoms with Gasteiger partial charge in [-0.05, 0) is 30.0 Å². The van der Waals surface area contributed by atoms with E-state index in [1.165, 1.54) is 16.8 Å². The molecule has 0 saturated heterocycles. The second kappa shape index (κ2) is 4.32. The summed E-state index contributed by atoms with van der Waals surface area (Å²) in [4.78, 5) is 0. The highest BCUT2D eigenvalue weighted by molar-refractivity contribution is 5.76. The molecule has 1 aromatic rings. The largest absolute Gasteiger partial charge is 0.388 e. The lowest BCUT2D eigenvalue weighted by Crippen LogP contribution is -2.00. The number of allylic oxidation sites excluding steroid dienone is 1. The fraction of sp³-hybridized carbons (Fsp3) is 0.385. The molecule has 76 valence electrons. The van der Waals surface area contributed by atoms with Gasteiger partial charge in [0, 0.05) is 18.3 Å². The van der Waals surface area contributed by atoms with Crippen molar-refractivity contribution in [3.05, 3.63) is 35.9 Å². The molecule has 0 fully saturated rings. The summed E-state index contributed by atoms with van der Waals surface area (Å²) in [6.45, 7) is 10.5. The van der Waals surface area contributed by atoms with Crippen LogP contribution in [-0.4, -0.2) is 7.05 Å². The Kier molecular flexibility index (Phi) is 3.34. The molecule has 1 aromatic carbocycles. The quantitative estimate of drug-likeness (QED) is 0.760. The van der Waals surface area contributed by atoms with E-state index in [2.05, 4.69) is 50.9 Å². The Hall–Kier alpha value is -1.24. The van der Waals surface area contributed by atoms with Crippen molar-refractivity contribution < 1.29 is 0 Å². The third kappa shape index (κ3) is 1.98. The average molecular weight is 189 g/mol. The van der Waals surface area contributed by atoms with Crippen LogP contribution in [0.15, 0.2) is 24.8 Å². The summed E-state index contributed by atoms with van der Waals surface area (Å²) in [7, 11) is 1.95. The predicted octanol–water partition coefficient (Wildman–Crippen LogP) is 3.88. The van der Waals surface area contributed by atoms with E-state index < -0.39 is 0 Å².